The number of pyridine rings is 2. The van der Waals surface area contributed by atoms with Crippen LogP contribution in [-0.4, -0.2) is 11.0 Å². The van der Waals surface area contributed by atoms with Crippen molar-refractivity contribution in [2.24, 2.45) is 0 Å². The van der Waals surface area contributed by atoms with Gasteiger partial charge in [0.05, 0.1) is 0 Å². The van der Waals surface area contributed by atoms with Crippen LogP contribution >= 0.6 is 0 Å². The summed E-state index contributed by atoms with van der Waals surface area (Å²) in [5.74, 6) is -0.480. The van der Waals surface area contributed by atoms with Crippen LogP contribution in [0.15, 0.2) is 55.0 Å². The van der Waals surface area contributed by atoms with Crippen molar-refractivity contribution in [2.45, 2.75) is 0 Å². The minimum absolute atomic E-state index is 0.286. The van der Waals surface area contributed by atoms with Gasteiger partial charge in [-0.15, -0.1) is 0 Å². The Kier molecular flexibility index (Phi) is 2.69. The Hall–Kier alpha value is -2.23. The predicted octanol–water partition coefficient (Wildman–Crippen LogP) is 0.638. The quantitative estimate of drug-likeness (QED) is 0.669. The monoisotopic (exact) mass is 201 g/mol. The van der Waals surface area contributed by atoms with Gasteiger partial charge in [0.2, 0.25) is 12.4 Å². The van der Waals surface area contributed by atoms with E-state index in [1.807, 2.05) is 6.07 Å². The lowest BCUT2D eigenvalue weighted by molar-refractivity contribution is -0.868. The van der Waals surface area contributed by atoms with Crippen LogP contribution in [0.25, 0.3) is 0 Å². The third kappa shape index (κ3) is 2.37. The van der Waals surface area contributed by atoms with E-state index in [1.165, 1.54) is 4.73 Å². The summed E-state index contributed by atoms with van der Waals surface area (Å²) in [6.45, 7) is 0. The van der Waals surface area contributed by atoms with Crippen molar-refractivity contribution in [3.8, 4) is 0 Å². The van der Waals surface area contributed by atoms with E-state index in [-0.39, 0.29) is 5.69 Å². The summed E-state index contributed by atoms with van der Waals surface area (Å²) < 4.78 is 1.33. The molecule has 0 unspecified atom stereocenters. The average molecular weight is 201 g/mol. The normalized spacial score (nSPS) is 9.60. The highest BCUT2D eigenvalue weighted by molar-refractivity contribution is 5.86. The van der Waals surface area contributed by atoms with Gasteiger partial charge >= 0.3 is 5.97 Å². The molecule has 4 heteroatoms. The summed E-state index contributed by atoms with van der Waals surface area (Å²) >= 11 is 0. The van der Waals surface area contributed by atoms with Crippen molar-refractivity contribution in [1.82, 2.24) is 4.98 Å². The molecular weight excluding hydrogens is 192 g/mol. The molecule has 0 aliphatic rings. The predicted molar refractivity (Wildman–Crippen MR) is 51.8 cm³/mol. The van der Waals surface area contributed by atoms with Gasteiger partial charge in [-0.3, -0.25) is 0 Å². The fraction of sp³-hybridized carbons (Fsp3) is 0. The smallest absolute Gasteiger partial charge is 0.249 e. The van der Waals surface area contributed by atoms with Gasteiger partial charge in [-0.25, -0.2) is 9.78 Å². The van der Waals surface area contributed by atoms with E-state index in [0.717, 1.165) is 0 Å². The van der Waals surface area contributed by atoms with E-state index in [0.29, 0.717) is 0 Å². The van der Waals surface area contributed by atoms with Crippen LogP contribution < -0.4 is 9.57 Å². The molecule has 0 aliphatic heterocycles. The molecule has 0 saturated carbocycles. The minimum Gasteiger partial charge on any atom is -0.249 e. The van der Waals surface area contributed by atoms with Crippen LogP contribution in [0, 0.1) is 0 Å². The summed E-state index contributed by atoms with van der Waals surface area (Å²) in [5, 5.41) is 0. The summed E-state index contributed by atoms with van der Waals surface area (Å²) in [6, 6.07) is 10.5. The number of carbonyl (C=O) groups excluding carboxylic acids is 1. The van der Waals surface area contributed by atoms with Crippen LogP contribution in [0.5, 0.6) is 0 Å². The summed E-state index contributed by atoms with van der Waals surface area (Å²) in [6.07, 6.45) is 4.83. The molecule has 0 saturated heterocycles. The summed E-state index contributed by atoms with van der Waals surface area (Å²) in [5.41, 5.74) is 0.286. The molecule has 2 aromatic heterocycles. The third-order valence-electron chi connectivity index (χ3n) is 1.75. The molecule has 0 radical (unpaired) electrons. The van der Waals surface area contributed by atoms with Gasteiger partial charge in [-0.05, 0) is 12.1 Å². The van der Waals surface area contributed by atoms with Crippen molar-refractivity contribution in [3.63, 3.8) is 0 Å². The van der Waals surface area contributed by atoms with Gasteiger partial charge in [-0.2, -0.15) is 4.84 Å². The summed E-state index contributed by atoms with van der Waals surface area (Å²) in [4.78, 5) is 20.4. The lowest BCUT2D eigenvalue weighted by Crippen LogP contribution is -2.45. The van der Waals surface area contributed by atoms with Crippen molar-refractivity contribution in [2.75, 3.05) is 0 Å². The Labute approximate surface area is 86.7 Å². The average Bonchev–Trinajstić information content (AvgIpc) is 2.31. The lowest BCUT2D eigenvalue weighted by atomic mass is 10.4. The van der Waals surface area contributed by atoms with Crippen molar-refractivity contribution in [3.05, 3.63) is 60.7 Å². The number of rotatable bonds is 2. The van der Waals surface area contributed by atoms with Crippen LogP contribution in [0.1, 0.15) is 10.5 Å². The topological polar surface area (TPSA) is 43.1 Å². The second kappa shape index (κ2) is 4.32. The Morgan fingerprint density at radius 3 is 2.60 bits per heavy atom. The number of aromatic nitrogens is 2. The number of carbonyl (C=O) groups is 1. The van der Waals surface area contributed by atoms with Gasteiger partial charge < -0.3 is 0 Å². The largest absolute Gasteiger partial charge is 0.429 e. The summed E-state index contributed by atoms with van der Waals surface area (Å²) in [7, 11) is 0. The van der Waals surface area contributed by atoms with Crippen LogP contribution in [0.3, 0.4) is 0 Å². The first kappa shape index (κ1) is 9.33. The molecule has 15 heavy (non-hydrogen) atoms. The first-order valence-electron chi connectivity index (χ1n) is 4.46. The molecule has 4 nitrogen and oxygen atoms in total. The zero-order chi connectivity index (χ0) is 10.5. The molecular formula is C11H9N2O2+. The second-order valence-corrected chi connectivity index (χ2v) is 2.83. The van der Waals surface area contributed by atoms with Crippen LogP contribution in [-0.2, 0) is 0 Å². The molecule has 0 N–H and O–H groups in total. The van der Waals surface area contributed by atoms with E-state index < -0.39 is 5.97 Å². The second-order valence-electron chi connectivity index (χ2n) is 2.83. The van der Waals surface area contributed by atoms with Crippen molar-refractivity contribution < 1.29 is 14.4 Å². The molecule has 0 aliphatic carbocycles. The van der Waals surface area contributed by atoms with E-state index in [2.05, 4.69) is 4.98 Å². The molecule has 2 rings (SSSR count). The highest BCUT2D eigenvalue weighted by atomic mass is 16.7. The third-order valence-corrected chi connectivity index (χ3v) is 1.75. The molecule has 2 heterocycles. The maximum Gasteiger partial charge on any atom is 0.429 e. The number of nitrogens with zero attached hydrogens (tertiary/aromatic N) is 2. The SMILES string of the molecule is O=C(O[n+]1ccccc1)c1ccccn1. The van der Waals surface area contributed by atoms with Gasteiger partial charge in [0.25, 0.3) is 0 Å². The molecule has 0 amide bonds. The van der Waals surface area contributed by atoms with Gasteiger partial charge in [0.15, 0.2) is 5.69 Å². The maximum absolute atomic E-state index is 11.5. The lowest BCUT2D eigenvalue weighted by Gasteiger charge is -1.95. The Morgan fingerprint density at radius 1 is 1.13 bits per heavy atom. The van der Waals surface area contributed by atoms with Gasteiger partial charge in [0, 0.05) is 23.1 Å². The zero-order valence-corrected chi connectivity index (χ0v) is 7.91. The highest BCUT2D eigenvalue weighted by Crippen LogP contribution is 1.92. The number of hydrogen-bond acceptors (Lipinski definition) is 3. The van der Waals surface area contributed by atoms with Gasteiger partial charge in [-0.1, -0.05) is 12.1 Å². The van der Waals surface area contributed by atoms with E-state index >= 15 is 0 Å². The Balaban J connectivity index is 2.12. The Morgan fingerprint density at radius 2 is 1.93 bits per heavy atom. The molecule has 0 bridgehead atoms. The molecule has 2 aromatic rings. The van der Waals surface area contributed by atoms with Crippen molar-refractivity contribution in [1.29, 1.82) is 0 Å². The van der Waals surface area contributed by atoms with Crippen molar-refractivity contribution >= 4 is 5.97 Å². The first-order valence-corrected chi connectivity index (χ1v) is 4.46. The molecule has 74 valence electrons. The van der Waals surface area contributed by atoms with E-state index in [1.54, 1.807) is 48.9 Å². The minimum atomic E-state index is -0.480. The van der Waals surface area contributed by atoms with E-state index in [4.69, 9.17) is 4.84 Å². The zero-order valence-electron chi connectivity index (χ0n) is 7.91. The van der Waals surface area contributed by atoms with Crippen LogP contribution in [0.4, 0.5) is 0 Å². The molecule has 0 spiro atoms. The first-order chi connectivity index (χ1) is 7.36. The molecule has 0 atom stereocenters. The molecule has 0 fully saturated rings. The maximum atomic E-state index is 11.5. The standard InChI is InChI=1S/C11H9N2O2/c14-11(10-6-2-3-7-12-10)15-13-8-4-1-5-9-13/h1-9H/q+1. The van der Waals surface area contributed by atoms with E-state index in [9.17, 15) is 4.79 Å². The number of hydrogen-bond donors (Lipinski definition) is 0. The fourth-order valence-corrected chi connectivity index (χ4v) is 1.07. The van der Waals surface area contributed by atoms with Crippen LogP contribution in [0.2, 0.25) is 0 Å². The highest BCUT2D eigenvalue weighted by Gasteiger charge is 2.13. The van der Waals surface area contributed by atoms with Gasteiger partial charge in [0.1, 0.15) is 0 Å². The fourth-order valence-electron chi connectivity index (χ4n) is 1.07. The Bertz CT molecular complexity index is 443. The molecule has 0 aromatic carbocycles.